The molecule has 3 aromatic rings. The largest absolute Gasteiger partial charge is 0.351 e. The molecule has 0 bridgehead atoms. The molecular weight excluding hydrogens is 319 g/mol. The third-order valence-electron chi connectivity index (χ3n) is 3.78. The fourth-order valence-electron chi connectivity index (χ4n) is 2.50. The molecular formula is C19H19FN4O. The number of carbonyl (C=O) groups is 1. The standard InChI is InChI=1S/C19H19FN4O/c20-17-8-3-1-6-15(17)13-22-19(25)14-21-12-16-7-2-4-9-18(16)24-11-5-10-23-24/h1-11,21H,12-14H2,(H,22,25). The van der Waals surface area contributed by atoms with E-state index in [2.05, 4.69) is 15.7 Å². The highest BCUT2D eigenvalue weighted by Gasteiger charge is 2.07. The van der Waals surface area contributed by atoms with Crippen LogP contribution >= 0.6 is 0 Å². The number of carbonyl (C=O) groups excluding carboxylic acids is 1. The minimum atomic E-state index is -0.316. The molecule has 2 N–H and O–H groups in total. The lowest BCUT2D eigenvalue weighted by Crippen LogP contribution is -2.33. The monoisotopic (exact) mass is 338 g/mol. The summed E-state index contributed by atoms with van der Waals surface area (Å²) in [7, 11) is 0. The van der Waals surface area contributed by atoms with Gasteiger partial charge in [0.2, 0.25) is 5.91 Å². The van der Waals surface area contributed by atoms with Gasteiger partial charge >= 0.3 is 0 Å². The number of amides is 1. The highest BCUT2D eigenvalue weighted by molar-refractivity contribution is 5.78. The summed E-state index contributed by atoms with van der Waals surface area (Å²) < 4.78 is 15.3. The quantitative estimate of drug-likeness (QED) is 0.696. The average Bonchev–Trinajstić information content (AvgIpc) is 3.16. The predicted molar refractivity (Wildman–Crippen MR) is 93.5 cm³/mol. The molecule has 0 fully saturated rings. The van der Waals surface area contributed by atoms with Crippen molar-refractivity contribution in [1.82, 2.24) is 20.4 Å². The Morgan fingerprint density at radius 2 is 1.76 bits per heavy atom. The molecule has 2 aromatic carbocycles. The SMILES string of the molecule is O=C(CNCc1ccccc1-n1cccn1)NCc1ccccc1F. The van der Waals surface area contributed by atoms with Crippen molar-refractivity contribution in [2.75, 3.05) is 6.54 Å². The molecule has 0 radical (unpaired) electrons. The van der Waals surface area contributed by atoms with Gasteiger partial charge in [0, 0.05) is 31.0 Å². The Balaban J connectivity index is 1.50. The minimum absolute atomic E-state index is 0.155. The number of para-hydroxylation sites is 1. The van der Waals surface area contributed by atoms with E-state index in [1.807, 2.05) is 36.5 Å². The first kappa shape index (κ1) is 16.9. The maximum atomic E-state index is 13.5. The van der Waals surface area contributed by atoms with E-state index in [-0.39, 0.29) is 24.8 Å². The molecule has 0 aliphatic heterocycles. The van der Waals surface area contributed by atoms with Crippen LogP contribution in [0, 0.1) is 5.82 Å². The van der Waals surface area contributed by atoms with Crippen LogP contribution < -0.4 is 10.6 Å². The van der Waals surface area contributed by atoms with Crippen LogP contribution in [0.15, 0.2) is 67.0 Å². The Hall–Kier alpha value is -2.99. The lowest BCUT2D eigenvalue weighted by Gasteiger charge is -2.11. The zero-order valence-electron chi connectivity index (χ0n) is 13.7. The average molecular weight is 338 g/mol. The van der Waals surface area contributed by atoms with Crippen molar-refractivity contribution in [3.8, 4) is 5.69 Å². The van der Waals surface area contributed by atoms with Gasteiger partial charge in [-0.15, -0.1) is 0 Å². The maximum Gasteiger partial charge on any atom is 0.234 e. The fourth-order valence-corrected chi connectivity index (χ4v) is 2.50. The molecule has 0 saturated carbocycles. The molecule has 128 valence electrons. The Morgan fingerprint density at radius 3 is 2.52 bits per heavy atom. The van der Waals surface area contributed by atoms with E-state index in [0.29, 0.717) is 12.1 Å². The summed E-state index contributed by atoms with van der Waals surface area (Å²) in [5.41, 5.74) is 2.47. The molecule has 0 unspecified atom stereocenters. The maximum absolute atomic E-state index is 13.5. The molecule has 0 aliphatic carbocycles. The van der Waals surface area contributed by atoms with E-state index in [1.165, 1.54) is 6.07 Å². The van der Waals surface area contributed by atoms with Gasteiger partial charge in [-0.05, 0) is 23.8 Å². The number of hydrogen-bond acceptors (Lipinski definition) is 3. The van der Waals surface area contributed by atoms with E-state index in [4.69, 9.17) is 0 Å². The number of nitrogens with one attached hydrogen (secondary N) is 2. The second kappa shape index (κ2) is 8.21. The van der Waals surface area contributed by atoms with E-state index >= 15 is 0 Å². The molecule has 0 aliphatic rings. The second-order valence-corrected chi connectivity index (χ2v) is 5.55. The van der Waals surface area contributed by atoms with Crippen molar-refractivity contribution >= 4 is 5.91 Å². The summed E-state index contributed by atoms with van der Waals surface area (Å²) in [4.78, 5) is 11.9. The van der Waals surface area contributed by atoms with Crippen molar-refractivity contribution in [2.45, 2.75) is 13.1 Å². The first-order valence-electron chi connectivity index (χ1n) is 8.03. The van der Waals surface area contributed by atoms with Gasteiger partial charge in [0.25, 0.3) is 0 Å². The van der Waals surface area contributed by atoms with Gasteiger partial charge in [0.05, 0.1) is 12.2 Å². The summed E-state index contributed by atoms with van der Waals surface area (Å²) >= 11 is 0. The summed E-state index contributed by atoms with van der Waals surface area (Å²) in [6.07, 6.45) is 3.60. The molecule has 6 heteroatoms. The van der Waals surface area contributed by atoms with Crippen molar-refractivity contribution in [1.29, 1.82) is 0 Å². The van der Waals surface area contributed by atoms with Gasteiger partial charge in [0.1, 0.15) is 5.82 Å². The Bertz CT molecular complexity index is 833. The van der Waals surface area contributed by atoms with Crippen LogP contribution in [-0.2, 0) is 17.9 Å². The van der Waals surface area contributed by atoms with Crippen LogP contribution in [0.1, 0.15) is 11.1 Å². The molecule has 1 aromatic heterocycles. The van der Waals surface area contributed by atoms with Crippen molar-refractivity contribution < 1.29 is 9.18 Å². The normalized spacial score (nSPS) is 10.6. The van der Waals surface area contributed by atoms with Crippen LogP contribution in [0.4, 0.5) is 4.39 Å². The minimum Gasteiger partial charge on any atom is -0.351 e. The Labute approximate surface area is 145 Å². The third-order valence-corrected chi connectivity index (χ3v) is 3.78. The highest BCUT2D eigenvalue weighted by Crippen LogP contribution is 2.13. The van der Waals surface area contributed by atoms with Crippen molar-refractivity contribution in [2.24, 2.45) is 0 Å². The first-order chi connectivity index (χ1) is 12.2. The topological polar surface area (TPSA) is 59.0 Å². The molecule has 25 heavy (non-hydrogen) atoms. The summed E-state index contributed by atoms with van der Waals surface area (Å²) in [6.45, 7) is 0.863. The van der Waals surface area contributed by atoms with Gasteiger partial charge in [-0.2, -0.15) is 5.10 Å². The zero-order chi connectivity index (χ0) is 17.5. The van der Waals surface area contributed by atoms with Crippen LogP contribution in [0.2, 0.25) is 0 Å². The van der Waals surface area contributed by atoms with E-state index < -0.39 is 0 Å². The Kier molecular flexibility index (Phi) is 5.53. The number of rotatable bonds is 7. The molecule has 3 rings (SSSR count). The van der Waals surface area contributed by atoms with E-state index in [0.717, 1.165) is 11.3 Å². The fraction of sp³-hybridized carbons (Fsp3) is 0.158. The van der Waals surface area contributed by atoms with Gasteiger partial charge in [-0.3, -0.25) is 4.79 Å². The van der Waals surface area contributed by atoms with Gasteiger partial charge in [-0.25, -0.2) is 9.07 Å². The first-order valence-corrected chi connectivity index (χ1v) is 8.03. The molecule has 1 heterocycles. The van der Waals surface area contributed by atoms with Crippen LogP contribution in [0.25, 0.3) is 5.69 Å². The number of nitrogens with zero attached hydrogens (tertiary/aromatic N) is 2. The Morgan fingerprint density at radius 1 is 1.00 bits per heavy atom. The second-order valence-electron chi connectivity index (χ2n) is 5.55. The van der Waals surface area contributed by atoms with E-state index in [1.54, 1.807) is 29.1 Å². The summed E-state index contributed by atoms with van der Waals surface area (Å²) in [5.74, 6) is -0.497. The van der Waals surface area contributed by atoms with Crippen molar-refractivity contribution in [3.05, 3.63) is 83.9 Å². The lowest BCUT2D eigenvalue weighted by molar-refractivity contribution is -0.120. The van der Waals surface area contributed by atoms with Crippen LogP contribution in [-0.4, -0.2) is 22.2 Å². The molecule has 0 spiro atoms. The summed E-state index contributed by atoms with van der Waals surface area (Å²) in [5, 5.41) is 10.1. The number of hydrogen-bond donors (Lipinski definition) is 2. The lowest BCUT2D eigenvalue weighted by atomic mass is 10.2. The third kappa shape index (κ3) is 4.51. The number of aromatic nitrogens is 2. The number of halogens is 1. The molecule has 1 amide bonds. The molecule has 0 atom stereocenters. The predicted octanol–water partition coefficient (Wildman–Crippen LogP) is 2.42. The van der Waals surface area contributed by atoms with Crippen LogP contribution in [0.3, 0.4) is 0 Å². The van der Waals surface area contributed by atoms with Gasteiger partial charge in [0.15, 0.2) is 0 Å². The summed E-state index contributed by atoms with van der Waals surface area (Å²) in [6, 6.07) is 16.1. The smallest absolute Gasteiger partial charge is 0.234 e. The molecule has 0 saturated heterocycles. The molecule has 5 nitrogen and oxygen atoms in total. The van der Waals surface area contributed by atoms with E-state index in [9.17, 15) is 9.18 Å². The zero-order valence-corrected chi connectivity index (χ0v) is 13.7. The van der Waals surface area contributed by atoms with Gasteiger partial charge in [-0.1, -0.05) is 36.4 Å². The van der Waals surface area contributed by atoms with Gasteiger partial charge < -0.3 is 10.6 Å². The van der Waals surface area contributed by atoms with Crippen LogP contribution in [0.5, 0.6) is 0 Å². The number of benzene rings is 2. The van der Waals surface area contributed by atoms with Crippen molar-refractivity contribution in [3.63, 3.8) is 0 Å². The highest BCUT2D eigenvalue weighted by atomic mass is 19.1.